The molecule has 0 amide bonds. The Labute approximate surface area is 189 Å². The summed E-state index contributed by atoms with van der Waals surface area (Å²) < 4.78 is 29.3. The molecule has 170 valence electrons. The van der Waals surface area contributed by atoms with Crippen LogP contribution in [0.3, 0.4) is 0 Å². The van der Waals surface area contributed by atoms with Crippen LogP contribution in [0.1, 0.15) is 18.8 Å². The van der Waals surface area contributed by atoms with Crippen molar-refractivity contribution in [2.45, 2.75) is 13.0 Å². The van der Waals surface area contributed by atoms with Crippen LogP contribution in [0.25, 0.3) is 28.1 Å². The van der Waals surface area contributed by atoms with Gasteiger partial charge in [0, 0.05) is 38.5 Å². The van der Waals surface area contributed by atoms with Crippen molar-refractivity contribution in [1.82, 2.24) is 34.2 Å². The molecule has 32 heavy (non-hydrogen) atoms. The molecule has 0 fully saturated rings. The molecule has 0 radical (unpaired) electrons. The third-order valence-electron chi connectivity index (χ3n) is 5.71. The lowest BCUT2D eigenvalue weighted by Crippen LogP contribution is -2.26. The number of likely N-dealkylation sites (N-methyl/N-ethyl adjacent to an activating group) is 1. The van der Waals surface area contributed by atoms with Crippen molar-refractivity contribution in [3.63, 3.8) is 0 Å². The van der Waals surface area contributed by atoms with Gasteiger partial charge in [-0.15, -0.1) is 10.2 Å². The molecule has 0 unspecified atom stereocenters. The summed E-state index contributed by atoms with van der Waals surface area (Å²) >= 11 is 6.21. The molecule has 0 aliphatic heterocycles. The third kappa shape index (κ3) is 3.64. The molecule has 0 saturated heterocycles. The molecule has 9 nitrogen and oxygen atoms in total. The molecule has 0 bridgehead atoms. The number of aromatic amines is 1. The number of rotatable bonds is 8. The smallest absolute Gasteiger partial charge is 0.180 e. The zero-order valence-corrected chi connectivity index (χ0v) is 19.3. The number of fused-ring (bicyclic) bond motifs is 1. The summed E-state index contributed by atoms with van der Waals surface area (Å²) in [4.78, 5) is 9.57. The molecule has 4 aromatic rings. The minimum absolute atomic E-state index is 0.0240. The van der Waals surface area contributed by atoms with Gasteiger partial charge in [-0.25, -0.2) is 9.37 Å². The monoisotopic (exact) mass is 461 g/mol. The first-order valence-corrected chi connectivity index (χ1v) is 10.4. The number of hydrogen-bond acceptors (Lipinski definition) is 6. The van der Waals surface area contributed by atoms with Gasteiger partial charge in [0.1, 0.15) is 22.3 Å². The Bertz CT molecular complexity index is 1240. The quantitative estimate of drug-likeness (QED) is 0.431. The van der Waals surface area contributed by atoms with E-state index in [1.54, 1.807) is 48.1 Å². The second-order valence-corrected chi connectivity index (χ2v) is 7.92. The predicted molar refractivity (Wildman–Crippen MR) is 120 cm³/mol. The molecule has 0 aliphatic rings. The maximum Gasteiger partial charge on any atom is 0.180 e. The van der Waals surface area contributed by atoms with Crippen LogP contribution in [0.4, 0.5) is 4.39 Å². The summed E-state index contributed by atoms with van der Waals surface area (Å²) in [6.07, 6.45) is 5.09. The number of halogens is 2. The zero-order chi connectivity index (χ0) is 23.0. The molecule has 1 N–H and O–H groups in total. The number of nitrogens with zero attached hydrogens (tertiary/aromatic N) is 6. The van der Waals surface area contributed by atoms with Gasteiger partial charge in [0.15, 0.2) is 11.6 Å². The fraction of sp³-hybridized carbons (Fsp3) is 0.381. The lowest BCUT2D eigenvalue weighted by molar-refractivity contribution is 0.141. The van der Waals surface area contributed by atoms with E-state index in [0.29, 0.717) is 40.5 Å². The van der Waals surface area contributed by atoms with Crippen molar-refractivity contribution >= 4 is 22.5 Å². The number of methoxy groups -OCH3 is 2. The van der Waals surface area contributed by atoms with E-state index >= 15 is 4.39 Å². The second kappa shape index (κ2) is 8.89. The number of hydrogen-bond donors (Lipinski definition) is 1. The van der Waals surface area contributed by atoms with Crippen molar-refractivity contribution in [3.05, 3.63) is 41.5 Å². The van der Waals surface area contributed by atoms with Gasteiger partial charge in [0.05, 0.1) is 37.3 Å². The van der Waals surface area contributed by atoms with E-state index in [1.165, 1.54) is 7.11 Å². The van der Waals surface area contributed by atoms with Crippen LogP contribution in [0.5, 0.6) is 5.75 Å². The van der Waals surface area contributed by atoms with E-state index in [4.69, 9.17) is 21.1 Å². The summed E-state index contributed by atoms with van der Waals surface area (Å²) in [5, 5.41) is 9.29. The maximum atomic E-state index is 15.3. The Hall–Kier alpha value is -2.95. The highest BCUT2D eigenvalue weighted by Crippen LogP contribution is 2.41. The fourth-order valence-electron chi connectivity index (χ4n) is 3.78. The van der Waals surface area contributed by atoms with E-state index < -0.39 is 5.82 Å². The highest BCUT2D eigenvalue weighted by molar-refractivity contribution is 6.33. The summed E-state index contributed by atoms with van der Waals surface area (Å²) in [5.41, 5.74) is 1.67. The minimum Gasteiger partial charge on any atom is -0.495 e. The number of imidazole rings is 1. The SMILES string of the molecule is COCCN(C)[C@H](C)c1nnc(-c2c(-n3ccnc3)c3cc(OC)c(Cl)c(F)c3n2C)[nH]1. The number of ether oxygens (including phenoxy) is 2. The maximum absolute atomic E-state index is 15.3. The van der Waals surface area contributed by atoms with Gasteiger partial charge in [0.2, 0.25) is 0 Å². The average Bonchev–Trinajstić information content (AvgIpc) is 3.53. The average molecular weight is 462 g/mol. The van der Waals surface area contributed by atoms with Crippen molar-refractivity contribution in [1.29, 1.82) is 0 Å². The Morgan fingerprint density at radius 1 is 1.31 bits per heavy atom. The van der Waals surface area contributed by atoms with Gasteiger partial charge in [-0.1, -0.05) is 11.6 Å². The van der Waals surface area contributed by atoms with Crippen molar-refractivity contribution < 1.29 is 13.9 Å². The molecule has 3 aromatic heterocycles. The van der Waals surface area contributed by atoms with Crippen LogP contribution in [-0.2, 0) is 11.8 Å². The summed E-state index contributed by atoms with van der Waals surface area (Å²) in [5.74, 6) is 0.880. The molecule has 0 aliphatic carbocycles. The summed E-state index contributed by atoms with van der Waals surface area (Å²) in [6, 6.07) is 1.70. The molecule has 1 aromatic carbocycles. The van der Waals surface area contributed by atoms with Crippen molar-refractivity contribution in [2.75, 3.05) is 34.4 Å². The van der Waals surface area contributed by atoms with Crippen molar-refractivity contribution in [3.8, 4) is 23.0 Å². The van der Waals surface area contributed by atoms with E-state index in [2.05, 4.69) is 25.1 Å². The predicted octanol–water partition coefficient (Wildman–Crippen LogP) is 3.59. The standard InChI is InChI=1S/C21H25ClFN7O2/c1-12(28(2)8-9-31-4)20-25-21(27-26-20)19-18(30-7-6-24-11-30)13-10-14(32-5)15(22)16(23)17(13)29(19)3/h6-7,10-12H,8-9H2,1-5H3,(H,25,26,27)/t12-/m1/s1. The number of aryl methyl sites for hydroxylation is 1. The van der Waals surface area contributed by atoms with Crippen molar-refractivity contribution in [2.24, 2.45) is 7.05 Å². The van der Waals surface area contributed by atoms with Crippen LogP contribution >= 0.6 is 11.6 Å². The topological polar surface area (TPSA) is 86.0 Å². The molecule has 3 heterocycles. The highest BCUT2D eigenvalue weighted by Gasteiger charge is 2.27. The number of aromatic nitrogens is 6. The fourth-order valence-corrected chi connectivity index (χ4v) is 4.00. The third-order valence-corrected chi connectivity index (χ3v) is 6.07. The van der Waals surface area contributed by atoms with Gasteiger partial charge in [-0.3, -0.25) is 4.90 Å². The highest BCUT2D eigenvalue weighted by atomic mass is 35.5. The van der Waals surface area contributed by atoms with E-state index in [-0.39, 0.29) is 16.8 Å². The second-order valence-electron chi connectivity index (χ2n) is 7.54. The molecule has 11 heteroatoms. The van der Waals surface area contributed by atoms with E-state index in [0.717, 1.165) is 6.54 Å². The molecule has 0 spiro atoms. The van der Waals surface area contributed by atoms with E-state index in [9.17, 15) is 0 Å². The summed E-state index contributed by atoms with van der Waals surface area (Å²) in [6.45, 7) is 3.38. The Morgan fingerprint density at radius 2 is 2.09 bits per heavy atom. The number of H-pyrrole nitrogens is 1. The van der Waals surface area contributed by atoms with E-state index in [1.807, 2.05) is 14.0 Å². The first-order chi connectivity index (χ1) is 15.4. The zero-order valence-electron chi connectivity index (χ0n) is 18.6. The molecule has 1 atom stereocenters. The number of nitrogens with one attached hydrogen (secondary N) is 1. The van der Waals surface area contributed by atoms with Crippen LogP contribution in [0.2, 0.25) is 5.02 Å². The Kier molecular flexibility index (Phi) is 6.18. The van der Waals surface area contributed by atoms with Gasteiger partial charge in [-0.05, 0) is 20.0 Å². The van der Waals surface area contributed by atoms with Crippen LogP contribution < -0.4 is 4.74 Å². The van der Waals surface area contributed by atoms with Gasteiger partial charge < -0.3 is 23.6 Å². The minimum atomic E-state index is -0.566. The molecule has 0 saturated carbocycles. The van der Waals surface area contributed by atoms with Crippen LogP contribution in [-0.4, -0.2) is 68.6 Å². The molecular formula is C21H25ClFN7O2. The van der Waals surface area contributed by atoms with Gasteiger partial charge in [-0.2, -0.15) is 0 Å². The first kappa shape index (κ1) is 22.3. The normalized spacial score (nSPS) is 12.8. The lowest BCUT2D eigenvalue weighted by atomic mass is 10.2. The van der Waals surface area contributed by atoms with Crippen LogP contribution in [0.15, 0.2) is 24.8 Å². The first-order valence-electron chi connectivity index (χ1n) is 10.0. The van der Waals surface area contributed by atoms with Gasteiger partial charge >= 0.3 is 0 Å². The van der Waals surface area contributed by atoms with Gasteiger partial charge in [0.25, 0.3) is 0 Å². The number of benzene rings is 1. The van der Waals surface area contributed by atoms with Crippen LogP contribution in [0, 0.1) is 5.82 Å². The molecule has 4 rings (SSSR count). The summed E-state index contributed by atoms with van der Waals surface area (Å²) in [7, 11) is 6.88. The lowest BCUT2D eigenvalue weighted by Gasteiger charge is -2.21. The largest absolute Gasteiger partial charge is 0.495 e. The Balaban J connectivity index is 1.90. The molecular weight excluding hydrogens is 437 g/mol. The Morgan fingerprint density at radius 3 is 2.75 bits per heavy atom.